The smallest absolute Gasteiger partial charge is 0.186 e. The van der Waals surface area contributed by atoms with Crippen molar-refractivity contribution in [3.05, 3.63) is 22.2 Å². The van der Waals surface area contributed by atoms with Gasteiger partial charge >= 0.3 is 0 Å². The molecule has 1 aromatic carbocycles. The van der Waals surface area contributed by atoms with Crippen LogP contribution >= 0.6 is 28.1 Å². The van der Waals surface area contributed by atoms with Gasteiger partial charge in [-0.1, -0.05) is 15.9 Å². The van der Waals surface area contributed by atoms with Gasteiger partial charge in [-0.2, -0.15) is 5.10 Å². The van der Waals surface area contributed by atoms with E-state index in [0.717, 1.165) is 4.47 Å². The molecule has 17 heavy (non-hydrogen) atoms. The number of nitrogens with one attached hydrogen (secondary N) is 2. The Hall–Kier alpha value is -1.34. The van der Waals surface area contributed by atoms with Crippen LogP contribution in [0.2, 0.25) is 0 Å². The molecule has 0 unspecified atom stereocenters. The fraction of sp³-hybridized carbons (Fsp3) is 0.200. The van der Waals surface area contributed by atoms with Crippen molar-refractivity contribution < 1.29 is 9.84 Å². The summed E-state index contributed by atoms with van der Waals surface area (Å²) in [6, 6.07) is 3.38. The number of phenols is 1. The number of thiocarbonyl (C=S) groups is 1. The first-order valence-electron chi connectivity index (χ1n) is 4.65. The van der Waals surface area contributed by atoms with Crippen molar-refractivity contribution in [2.75, 3.05) is 14.2 Å². The van der Waals surface area contributed by atoms with Crippen LogP contribution in [0.3, 0.4) is 0 Å². The fourth-order valence-corrected chi connectivity index (χ4v) is 1.57. The number of methoxy groups -OCH3 is 1. The molecule has 0 fully saturated rings. The number of phenolic OH excluding ortho intramolecular Hbond substituents is 1. The van der Waals surface area contributed by atoms with Gasteiger partial charge in [0.1, 0.15) is 0 Å². The van der Waals surface area contributed by atoms with Crippen LogP contribution in [0.5, 0.6) is 11.5 Å². The highest BCUT2D eigenvalue weighted by Crippen LogP contribution is 2.32. The minimum absolute atomic E-state index is 0.0247. The minimum atomic E-state index is 0.0247. The van der Waals surface area contributed by atoms with Crippen LogP contribution in [0, 0.1) is 0 Å². The van der Waals surface area contributed by atoms with Gasteiger partial charge in [-0.05, 0) is 24.4 Å². The third-order valence-corrected chi connectivity index (χ3v) is 2.64. The molecular weight excluding hydrogens is 306 g/mol. The van der Waals surface area contributed by atoms with Gasteiger partial charge in [0, 0.05) is 17.1 Å². The van der Waals surface area contributed by atoms with Crippen LogP contribution < -0.4 is 15.5 Å². The third-order valence-electron chi connectivity index (χ3n) is 1.89. The second-order valence-corrected chi connectivity index (χ2v) is 4.32. The summed E-state index contributed by atoms with van der Waals surface area (Å²) in [4.78, 5) is 0. The Labute approximate surface area is 113 Å². The zero-order valence-corrected chi connectivity index (χ0v) is 11.7. The molecule has 0 aliphatic carbocycles. The molecule has 0 aliphatic heterocycles. The Kier molecular flexibility index (Phi) is 5.17. The van der Waals surface area contributed by atoms with E-state index in [1.54, 1.807) is 19.2 Å². The van der Waals surface area contributed by atoms with E-state index < -0.39 is 0 Å². The summed E-state index contributed by atoms with van der Waals surface area (Å²) in [7, 11) is 3.17. The van der Waals surface area contributed by atoms with Crippen LogP contribution in [0.4, 0.5) is 0 Å². The van der Waals surface area contributed by atoms with Crippen molar-refractivity contribution >= 4 is 39.5 Å². The van der Waals surface area contributed by atoms with Crippen molar-refractivity contribution in [2.24, 2.45) is 5.10 Å². The minimum Gasteiger partial charge on any atom is -0.504 e. The van der Waals surface area contributed by atoms with Gasteiger partial charge < -0.3 is 15.2 Å². The highest BCUT2D eigenvalue weighted by atomic mass is 79.9. The first kappa shape index (κ1) is 13.7. The molecule has 5 nitrogen and oxygen atoms in total. The quantitative estimate of drug-likeness (QED) is 0.449. The number of halogens is 1. The second-order valence-electron chi connectivity index (χ2n) is 3.00. The molecule has 1 aromatic rings. The normalized spacial score (nSPS) is 10.3. The maximum absolute atomic E-state index is 9.82. The molecule has 0 spiro atoms. The van der Waals surface area contributed by atoms with Crippen molar-refractivity contribution in [2.45, 2.75) is 0 Å². The van der Waals surface area contributed by atoms with Crippen LogP contribution in [-0.4, -0.2) is 30.6 Å². The lowest BCUT2D eigenvalue weighted by atomic mass is 10.2. The van der Waals surface area contributed by atoms with Crippen molar-refractivity contribution in [3.63, 3.8) is 0 Å². The van der Waals surface area contributed by atoms with Crippen molar-refractivity contribution in [1.29, 1.82) is 0 Å². The standard InChI is InChI=1S/C10H12BrN3O2S/c1-12-10(17)14-13-5-6-3-7(11)4-8(16-2)9(6)15/h3-5,15H,1-2H3,(H2,12,14,17)/b13-5+. The van der Waals surface area contributed by atoms with E-state index >= 15 is 0 Å². The Morgan fingerprint density at radius 2 is 2.29 bits per heavy atom. The molecule has 1 rings (SSSR count). The lowest BCUT2D eigenvalue weighted by molar-refractivity contribution is 0.373. The molecule has 0 saturated carbocycles. The molecule has 0 amide bonds. The number of hydrogen-bond donors (Lipinski definition) is 3. The molecule has 0 aliphatic rings. The first-order chi connectivity index (χ1) is 8.08. The second kappa shape index (κ2) is 6.41. The van der Waals surface area contributed by atoms with Gasteiger partial charge in [0.05, 0.1) is 13.3 Å². The molecule has 0 heterocycles. The summed E-state index contributed by atoms with van der Waals surface area (Å²) in [6.45, 7) is 0. The van der Waals surface area contributed by atoms with E-state index in [2.05, 4.69) is 31.8 Å². The number of aromatic hydroxyl groups is 1. The molecule has 0 atom stereocenters. The van der Waals surface area contributed by atoms with Crippen LogP contribution in [0.25, 0.3) is 0 Å². The van der Waals surface area contributed by atoms with E-state index in [9.17, 15) is 5.11 Å². The molecule has 0 saturated heterocycles. The Bertz CT molecular complexity index is 451. The lowest BCUT2D eigenvalue weighted by Gasteiger charge is -2.07. The predicted molar refractivity (Wildman–Crippen MR) is 74.7 cm³/mol. The molecule has 0 radical (unpaired) electrons. The predicted octanol–water partition coefficient (Wildman–Crippen LogP) is 1.59. The van der Waals surface area contributed by atoms with E-state index in [4.69, 9.17) is 17.0 Å². The average Bonchev–Trinajstić information content (AvgIpc) is 2.32. The molecule has 3 N–H and O–H groups in total. The highest BCUT2D eigenvalue weighted by Gasteiger charge is 2.07. The number of benzene rings is 1. The van der Waals surface area contributed by atoms with E-state index in [1.165, 1.54) is 13.3 Å². The fourth-order valence-electron chi connectivity index (χ4n) is 1.06. The first-order valence-corrected chi connectivity index (χ1v) is 5.86. The number of hydrazone groups is 1. The maximum atomic E-state index is 9.82. The zero-order chi connectivity index (χ0) is 12.8. The summed E-state index contributed by atoms with van der Waals surface area (Å²) in [5.41, 5.74) is 3.10. The van der Waals surface area contributed by atoms with Crippen LogP contribution in [0.15, 0.2) is 21.7 Å². The largest absolute Gasteiger partial charge is 0.504 e. The lowest BCUT2D eigenvalue weighted by Crippen LogP contribution is -2.28. The summed E-state index contributed by atoms with van der Waals surface area (Å²) in [6.07, 6.45) is 1.45. The number of hydrogen-bond acceptors (Lipinski definition) is 4. The number of rotatable bonds is 3. The van der Waals surface area contributed by atoms with Gasteiger partial charge in [-0.3, -0.25) is 5.43 Å². The Morgan fingerprint density at radius 1 is 1.59 bits per heavy atom. The zero-order valence-electron chi connectivity index (χ0n) is 9.32. The number of nitrogens with zero attached hydrogens (tertiary/aromatic N) is 1. The van der Waals surface area contributed by atoms with E-state index in [1.807, 2.05) is 0 Å². The Morgan fingerprint density at radius 3 is 2.88 bits per heavy atom. The molecule has 7 heteroatoms. The van der Waals surface area contributed by atoms with E-state index in [-0.39, 0.29) is 5.75 Å². The van der Waals surface area contributed by atoms with Gasteiger partial charge in [0.25, 0.3) is 0 Å². The van der Waals surface area contributed by atoms with Crippen molar-refractivity contribution in [1.82, 2.24) is 10.7 Å². The Balaban J connectivity index is 2.90. The van der Waals surface area contributed by atoms with Crippen LogP contribution in [0.1, 0.15) is 5.56 Å². The monoisotopic (exact) mass is 317 g/mol. The summed E-state index contributed by atoms with van der Waals surface area (Å²) in [5, 5.41) is 16.8. The molecule has 92 valence electrons. The van der Waals surface area contributed by atoms with Crippen molar-refractivity contribution in [3.8, 4) is 11.5 Å². The highest BCUT2D eigenvalue weighted by molar-refractivity contribution is 9.10. The SMILES string of the molecule is CNC(=S)N/N=C/c1cc(Br)cc(OC)c1O. The summed E-state index contributed by atoms with van der Waals surface area (Å²) in [5.74, 6) is 0.397. The molecule has 0 bridgehead atoms. The molecule has 0 aromatic heterocycles. The average molecular weight is 318 g/mol. The van der Waals surface area contributed by atoms with Gasteiger partial charge in [-0.15, -0.1) is 0 Å². The van der Waals surface area contributed by atoms with Crippen LogP contribution in [-0.2, 0) is 0 Å². The summed E-state index contributed by atoms with van der Waals surface area (Å²) >= 11 is 8.16. The van der Waals surface area contributed by atoms with Gasteiger partial charge in [-0.25, -0.2) is 0 Å². The third kappa shape index (κ3) is 3.86. The van der Waals surface area contributed by atoms with Gasteiger partial charge in [0.15, 0.2) is 16.6 Å². The summed E-state index contributed by atoms with van der Waals surface area (Å²) < 4.78 is 5.80. The topological polar surface area (TPSA) is 65.9 Å². The van der Waals surface area contributed by atoms with Gasteiger partial charge in [0.2, 0.25) is 0 Å². The molecular formula is C10H12BrN3O2S. The number of ether oxygens (including phenoxy) is 1. The van der Waals surface area contributed by atoms with E-state index in [0.29, 0.717) is 16.4 Å². The maximum Gasteiger partial charge on any atom is 0.186 e.